The first-order chi connectivity index (χ1) is 14.2. The Bertz CT molecular complexity index is 1190. The van der Waals surface area contributed by atoms with Crippen LogP contribution in [0.2, 0.25) is 5.02 Å². The summed E-state index contributed by atoms with van der Waals surface area (Å²) < 4.78 is 39.2. The van der Waals surface area contributed by atoms with Gasteiger partial charge in [-0.15, -0.1) is 11.3 Å². The van der Waals surface area contributed by atoms with Crippen LogP contribution in [-0.2, 0) is 21.2 Å². The zero-order chi connectivity index (χ0) is 21.9. The van der Waals surface area contributed by atoms with Crippen LogP contribution >= 0.6 is 22.9 Å². The number of carbonyl (C=O) groups is 1. The van der Waals surface area contributed by atoms with Gasteiger partial charge in [0.15, 0.2) is 21.3 Å². The van der Waals surface area contributed by atoms with E-state index in [1.54, 1.807) is 25.7 Å². The van der Waals surface area contributed by atoms with Crippen LogP contribution in [0, 0.1) is 0 Å². The SMILES string of the molecule is COc1ccc(-c2nc(COC(=O)c3cc(S(C)(=O)=O)ccc3Cl)cs2)cc1OC. The second kappa shape index (κ2) is 9.03. The maximum atomic E-state index is 12.4. The Morgan fingerprint density at radius 3 is 2.50 bits per heavy atom. The van der Waals surface area contributed by atoms with E-state index in [9.17, 15) is 13.2 Å². The van der Waals surface area contributed by atoms with Gasteiger partial charge in [0.25, 0.3) is 0 Å². The number of esters is 1. The fourth-order valence-corrected chi connectivity index (χ4v) is 4.23. The van der Waals surface area contributed by atoms with Crippen LogP contribution in [0.4, 0.5) is 0 Å². The Kier molecular flexibility index (Phi) is 6.64. The third-order valence-corrected chi connectivity index (χ3v) is 6.50. The maximum absolute atomic E-state index is 12.4. The summed E-state index contributed by atoms with van der Waals surface area (Å²) >= 11 is 7.42. The lowest BCUT2D eigenvalue weighted by atomic mass is 10.2. The molecular weight excluding hydrogens is 450 g/mol. The molecule has 0 aliphatic rings. The van der Waals surface area contributed by atoms with E-state index >= 15 is 0 Å². The van der Waals surface area contributed by atoms with E-state index in [-0.39, 0.29) is 22.1 Å². The van der Waals surface area contributed by atoms with Crippen LogP contribution in [-0.4, -0.2) is 39.8 Å². The van der Waals surface area contributed by atoms with E-state index in [1.807, 2.05) is 12.1 Å². The number of hydrogen-bond donors (Lipinski definition) is 0. The highest BCUT2D eigenvalue weighted by atomic mass is 35.5. The van der Waals surface area contributed by atoms with Gasteiger partial charge in [-0.05, 0) is 36.4 Å². The van der Waals surface area contributed by atoms with Crippen molar-refractivity contribution < 1.29 is 27.4 Å². The summed E-state index contributed by atoms with van der Waals surface area (Å²) in [6.07, 6.45) is 1.05. The fraction of sp³-hybridized carbons (Fsp3) is 0.200. The zero-order valence-corrected chi connectivity index (χ0v) is 18.7. The molecule has 0 bridgehead atoms. The van der Waals surface area contributed by atoms with Gasteiger partial charge in [-0.1, -0.05) is 11.6 Å². The van der Waals surface area contributed by atoms with E-state index in [0.717, 1.165) is 16.8 Å². The summed E-state index contributed by atoms with van der Waals surface area (Å²) in [6, 6.07) is 9.34. The summed E-state index contributed by atoms with van der Waals surface area (Å²) in [4.78, 5) is 16.9. The molecule has 0 saturated carbocycles. The molecule has 0 unspecified atom stereocenters. The Hall–Kier alpha value is -2.62. The minimum Gasteiger partial charge on any atom is -0.493 e. The Morgan fingerprint density at radius 2 is 1.83 bits per heavy atom. The molecule has 0 saturated heterocycles. The summed E-state index contributed by atoms with van der Waals surface area (Å²) in [5.41, 5.74) is 1.36. The molecule has 0 amide bonds. The molecule has 30 heavy (non-hydrogen) atoms. The number of carbonyl (C=O) groups excluding carboxylic acids is 1. The van der Waals surface area contributed by atoms with Crippen molar-refractivity contribution >= 4 is 38.7 Å². The highest BCUT2D eigenvalue weighted by Gasteiger charge is 2.17. The average Bonchev–Trinajstić information content (AvgIpc) is 3.20. The monoisotopic (exact) mass is 467 g/mol. The largest absolute Gasteiger partial charge is 0.493 e. The van der Waals surface area contributed by atoms with Crippen molar-refractivity contribution in [3.05, 3.63) is 58.1 Å². The molecule has 0 atom stereocenters. The molecule has 0 spiro atoms. The Balaban J connectivity index is 1.74. The van der Waals surface area contributed by atoms with Crippen LogP contribution in [0.15, 0.2) is 46.7 Å². The smallest absolute Gasteiger partial charge is 0.340 e. The van der Waals surface area contributed by atoms with E-state index in [0.29, 0.717) is 17.2 Å². The van der Waals surface area contributed by atoms with Crippen molar-refractivity contribution in [2.24, 2.45) is 0 Å². The van der Waals surface area contributed by atoms with Gasteiger partial charge in [-0.2, -0.15) is 0 Å². The minimum atomic E-state index is -3.48. The number of sulfone groups is 1. The molecule has 0 N–H and O–H groups in total. The number of methoxy groups -OCH3 is 2. The standard InChI is InChI=1S/C20H18ClNO6S2/c1-26-17-7-4-12(8-18(17)27-2)19-22-13(11-29-19)10-28-20(23)15-9-14(30(3,24)25)5-6-16(15)21/h4-9,11H,10H2,1-3H3. The van der Waals surface area contributed by atoms with E-state index in [1.165, 1.54) is 29.5 Å². The molecule has 158 valence electrons. The molecule has 1 aromatic heterocycles. The van der Waals surface area contributed by atoms with E-state index in [4.69, 9.17) is 25.8 Å². The lowest BCUT2D eigenvalue weighted by Gasteiger charge is -2.08. The van der Waals surface area contributed by atoms with Crippen LogP contribution in [0.25, 0.3) is 10.6 Å². The molecule has 0 aliphatic carbocycles. The number of aromatic nitrogens is 1. The number of nitrogens with zero attached hydrogens (tertiary/aromatic N) is 1. The summed E-state index contributed by atoms with van der Waals surface area (Å²) in [5, 5.41) is 2.60. The minimum absolute atomic E-state index is 0.0109. The molecule has 3 rings (SSSR count). The third-order valence-electron chi connectivity index (χ3n) is 4.12. The van der Waals surface area contributed by atoms with E-state index in [2.05, 4.69) is 4.98 Å². The van der Waals surface area contributed by atoms with Crippen LogP contribution in [0.5, 0.6) is 11.5 Å². The lowest BCUT2D eigenvalue weighted by Crippen LogP contribution is -2.08. The number of hydrogen-bond acceptors (Lipinski definition) is 8. The van der Waals surface area contributed by atoms with E-state index < -0.39 is 15.8 Å². The van der Waals surface area contributed by atoms with Crippen molar-refractivity contribution in [1.82, 2.24) is 4.98 Å². The van der Waals surface area contributed by atoms with Gasteiger partial charge in [0.1, 0.15) is 11.6 Å². The highest BCUT2D eigenvalue weighted by molar-refractivity contribution is 7.90. The second-order valence-electron chi connectivity index (χ2n) is 6.20. The lowest BCUT2D eigenvalue weighted by molar-refractivity contribution is 0.0468. The molecule has 0 fully saturated rings. The topological polar surface area (TPSA) is 91.8 Å². The van der Waals surface area contributed by atoms with Crippen molar-refractivity contribution in [3.8, 4) is 22.1 Å². The quantitative estimate of drug-likeness (QED) is 0.480. The predicted octanol–water partition coefficient (Wildman–Crippen LogP) is 4.24. The summed E-state index contributed by atoms with van der Waals surface area (Å²) in [7, 11) is -0.363. The van der Waals surface area contributed by atoms with Crippen molar-refractivity contribution in [3.63, 3.8) is 0 Å². The zero-order valence-electron chi connectivity index (χ0n) is 16.3. The Morgan fingerprint density at radius 1 is 1.10 bits per heavy atom. The van der Waals surface area contributed by atoms with Crippen LogP contribution in [0.1, 0.15) is 16.1 Å². The van der Waals surface area contributed by atoms with Crippen LogP contribution < -0.4 is 9.47 Å². The van der Waals surface area contributed by atoms with Gasteiger partial charge in [0.2, 0.25) is 0 Å². The molecule has 0 aliphatic heterocycles. The number of halogens is 1. The first kappa shape index (κ1) is 22.1. The molecule has 10 heteroatoms. The Labute approximate surface area is 183 Å². The van der Waals surface area contributed by atoms with Crippen LogP contribution in [0.3, 0.4) is 0 Å². The third kappa shape index (κ3) is 4.92. The number of ether oxygens (including phenoxy) is 3. The van der Waals surface area contributed by atoms with Gasteiger partial charge in [0, 0.05) is 17.2 Å². The molecule has 7 nitrogen and oxygen atoms in total. The number of thiazole rings is 1. The summed E-state index contributed by atoms with van der Waals surface area (Å²) in [6.45, 7) is -0.0813. The van der Waals surface area contributed by atoms with Gasteiger partial charge in [-0.25, -0.2) is 18.2 Å². The molecule has 0 radical (unpaired) electrons. The molecular formula is C20H18ClNO6S2. The van der Waals surface area contributed by atoms with Crippen molar-refractivity contribution in [1.29, 1.82) is 0 Å². The average molecular weight is 468 g/mol. The molecule has 3 aromatic rings. The second-order valence-corrected chi connectivity index (χ2v) is 9.48. The van der Waals surface area contributed by atoms with Gasteiger partial charge < -0.3 is 14.2 Å². The van der Waals surface area contributed by atoms with Crippen molar-refractivity contribution in [2.75, 3.05) is 20.5 Å². The van der Waals surface area contributed by atoms with Gasteiger partial charge in [-0.3, -0.25) is 0 Å². The number of rotatable bonds is 7. The fourth-order valence-electron chi connectivity index (χ4n) is 2.58. The van der Waals surface area contributed by atoms with Crippen molar-refractivity contribution in [2.45, 2.75) is 11.5 Å². The maximum Gasteiger partial charge on any atom is 0.340 e. The predicted molar refractivity (Wildman–Crippen MR) is 114 cm³/mol. The highest BCUT2D eigenvalue weighted by Crippen LogP contribution is 2.33. The first-order valence-corrected chi connectivity index (χ1v) is 11.7. The number of benzene rings is 2. The summed E-state index contributed by atoms with van der Waals surface area (Å²) in [5.74, 6) is 0.463. The van der Waals surface area contributed by atoms with Gasteiger partial charge in [0.05, 0.1) is 35.4 Å². The normalized spacial score (nSPS) is 11.2. The molecule has 1 heterocycles. The van der Waals surface area contributed by atoms with Gasteiger partial charge >= 0.3 is 5.97 Å². The first-order valence-electron chi connectivity index (χ1n) is 8.56. The molecule has 2 aromatic carbocycles.